The number of hydrogen-bond acceptors (Lipinski definition) is 3. The first-order valence-corrected chi connectivity index (χ1v) is 7.21. The van der Waals surface area contributed by atoms with Crippen LogP contribution in [0.2, 0.25) is 0 Å². The fourth-order valence-corrected chi connectivity index (χ4v) is 2.17. The highest BCUT2D eigenvalue weighted by Crippen LogP contribution is 2.22. The maximum absolute atomic E-state index is 12.1. The van der Waals surface area contributed by atoms with Crippen LogP contribution in [0.25, 0.3) is 10.8 Å². The number of anilines is 1. The number of carbonyl (C=O) groups is 2. The highest BCUT2D eigenvalue weighted by Gasteiger charge is 2.19. The summed E-state index contributed by atoms with van der Waals surface area (Å²) >= 11 is 0. The minimum Gasteiger partial charge on any atom is -0.393 e. The lowest BCUT2D eigenvalue weighted by Crippen LogP contribution is -2.38. The van der Waals surface area contributed by atoms with Crippen molar-refractivity contribution in [3.63, 3.8) is 0 Å². The van der Waals surface area contributed by atoms with Crippen LogP contribution in [0, 0.1) is 0 Å². The fraction of sp³-hybridized carbons (Fsp3) is 0.294. The van der Waals surface area contributed by atoms with Crippen LogP contribution in [-0.4, -0.2) is 41.5 Å². The third-order valence-corrected chi connectivity index (χ3v) is 3.46. The van der Waals surface area contributed by atoms with Gasteiger partial charge in [-0.25, -0.2) is 0 Å². The van der Waals surface area contributed by atoms with Crippen molar-refractivity contribution in [3.05, 3.63) is 42.5 Å². The maximum atomic E-state index is 12.1. The molecule has 1 atom stereocenters. The zero-order chi connectivity index (χ0) is 16.1. The van der Waals surface area contributed by atoms with Crippen molar-refractivity contribution in [2.45, 2.75) is 19.4 Å². The molecule has 2 aromatic rings. The van der Waals surface area contributed by atoms with Gasteiger partial charge in [-0.2, -0.15) is 0 Å². The van der Waals surface area contributed by atoms with E-state index in [4.69, 9.17) is 0 Å². The number of hydrogen-bond donors (Lipinski definition) is 2. The molecule has 1 unspecified atom stereocenters. The van der Waals surface area contributed by atoms with Crippen molar-refractivity contribution in [2.75, 3.05) is 18.9 Å². The van der Waals surface area contributed by atoms with E-state index in [-0.39, 0.29) is 0 Å². The molecule has 0 aliphatic carbocycles. The van der Waals surface area contributed by atoms with Gasteiger partial charge in [0.05, 0.1) is 6.10 Å². The number of nitrogens with one attached hydrogen (secondary N) is 1. The summed E-state index contributed by atoms with van der Waals surface area (Å²) < 4.78 is 0. The van der Waals surface area contributed by atoms with Crippen LogP contribution in [0.5, 0.6) is 0 Å². The topological polar surface area (TPSA) is 69.6 Å². The second-order valence-electron chi connectivity index (χ2n) is 5.35. The Morgan fingerprint density at radius 3 is 2.59 bits per heavy atom. The molecule has 0 saturated heterocycles. The Morgan fingerprint density at radius 2 is 1.86 bits per heavy atom. The lowest BCUT2D eigenvalue weighted by molar-refractivity contribution is -0.142. The van der Waals surface area contributed by atoms with Gasteiger partial charge in [-0.15, -0.1) is 0 Å². The quantitative estimate of drug-likeness (QED) is 0.849. The fourth-order valence-electron chi connectivity index (χ4n) is 2.17. The summed E-state index contributed by atoms with van der Waals surface area (Å²) in [4.78, 5) is 25.4. The molecule has 0 spiro atoms. The zero-order valence-electron chi connectivity index (χ0n) is 12.7. The average molecular weight is 300 g/mol. The summed E-state index contributed by atoms with van der Waals surface area (Å²) in [6.45, 7) is 1.98. The van der Waals surface area contributed by atoms with E-state index in [0.29, 0.717) is 18.7 Å². The Bertz CT molecular complexity index is 677. The van der Waals surface area contributed by atoms with E-state index in [9.17, 15) is 14.7 Å². The van der Waals surface area contributed by atoms with Crippen molar-refractivity contribution < 1.29 is 14.7 Å². The molecule has 2 N–H and O–H groups in total. The van der Waals surface area contributed by atoms with Crippen molar-refractivity contribution in [3.8, 4) is 0 Å². The van der Waals surface area contributed by atoms with Crippen molar-refractivity contribution in [1.82, 2.24) is 4.90 Å². The van der Waals surface area contributed by atoms with Gasteiger partial charge in [-0.1, -0.05) is 36.4 Å². The number of aliphatic hydroxyl groups excluding tert-OH is 1. The average Bonchev–Trinajstić information content (AvgIpc) is 2.52. The molecule has 0 radical (unpaired) electrons. The van der Waals surface area contributed by atoms with Crippen LogP contribution in [-0.2, 0) is 9.59 Å². The lowest BCUT2D eigenvalue weighted by Gasteiger charge is -2.17. The van der Waals surface area contributed by atoms with Crippen LogP contribution in [0.4, 0.5) is 5.69 Å². The van der Waals surface area contributed by atoms with Gasteiger partial charge in [-0.3, -0.25) is 9.59 Å². The Labute approximate surface area is 129 Å². The predicted molar refractivity (Wildman–Crippen MR) is 86.5 cm³/mol. The summed E-state index contributed by atoms with van der Waals surface area (Å²) in [6, 6.07) is 13.2. The zero-order valence-corrected chi connectivity index (χ0v) is 12.7. The first kappa shape index (κ1) is 16.0. The molecule has 0 aliphatic rings. The van der Waals surface area contributed by atoms with E-state index in [0.717, 1.165) is 10.8 Å². The van der Waals surface area contributed by atoms with Crippen molar-refractivity contribution >= 4 is 28.3 Å². The molecule has 0 saturated carbocycles. The van der Waals surface area contributed by atoms with Gasteiger partial charge < -0.3 is 15.3 Å². The number of aliphatic hydroxyl groups is 1. The number of likely N-dealkylation sites (N-methyl/N-ethyl adjacent to an activating group) is 1. The first-order chi connectivity index (χ1) is 10.5. The molecular formula is C17H20N2O3. The summed E-state index contributed by atoms with van der Waals surface area (Å²) in [5.41, 5.74) is 0.611. The molecule has 2 amide bonds. The van der Waals surface area contributed by atoms with Crippen LogP contribution in [0.1, 0.15) is 13.3 Å². The standard InChI is InChI=1S/C17H20N2O3/c1-12(20)10-11-19(2)17(22)16(21)18-15-9-5-7-13-6-3-4-8-14(13)15/h3-9,12,20H,10-11H2,1-2H3,(H,18,21). The molecule has 22 heavy (non-hydrogen) atoms. The highest BCUT2D eigenvalue weighted by molar-refractivity contribution is 6.40. The third-order valence-electron chi connectivity index (χ3n) is 3.46. The number of amides is 2. The summed E-state index contributed by atoms with van der Waals surface area (Å²) in [7, 11) is 1.55. The summed E-state index contributed by atoms with van der Waals surface area (Å²) in [5.74, 6) is -1.29. The Balaban J connectivity index is 2.09. The number of fused-ring (bicyclic) bond motifs is 1. The molecule has 0 aromatic heterocycles. The highest BCUT2D eigenvalue weighted by atomic mass is 16.3. The molecule has 0 heterocycles. The van der Waals surface area contributed by atoms with Crippen LogP contribution in [0.15, 0.2) is 42.5 Å². The largest absolute Gasteiger partial charge is 0.393 e. The second kappa shape index (κ2) is 7.04. The molecule has 5 nitrogen and oxygen atoms in total. The van der Waals surface area contributed by atoms with Gasteiger partial charge in [-0.05, 0) is 24.8 Å². The molecule has 0 bridgehead atoms. The van der Waals surface area contributed by atoms with E-state index in [2.05, 4.69) is 5.32 Å². The smallest absolute Gasteiger partial charge is 0.313 e. The predicted octanol–water partition coefficient (Wildman–Crippen LogP) is 2.01. The van der Waals surface area contributed by atoms with Gasteiger partial charge in [0.25, 0.3) is 0 Å². The van der Waals surface area contributed by atoms with Crippen molar-refractivity contribution in [1.29, 1.82) is 0 Å². The van der Waals surface area contributed by atoms with E-state index >= 15 is 0 Å². The SMILES string of the molecule is CC(O)CCN(C)C(=O)C(=O)Nc1cccc2ccccc12. The van der Waals surface area contributed by atoms with E-state index in [1.807, 2.05) is 36.4 Å². The van der Waals surface area contributed by atoms with E-state index < -0.39 is 17.9 Å². The minimum atomic E-state index is -0.676. The number of rotatable bonds is 4. The molecular weight excluding hydrogens is 280 g/mol. The van der Waals surface area contributed by atoms with Crippen LogP contribution in [0.3, 0.4) is 0 Å². The van der Waals surface area contributed by atoms with E-state index in [1.54, 1.807) is 20.0 Å². The van der Waals surface area contributed by atoms with Crippen molar-refractivity contribution in [2.24, 2.45) is 0 Å². The van der Waals surface area contributed by atoms with Gasteiger partial charge in [0, 0.05) is 24.7 Å². The lowest BCUT2D eigenvalue weighted by atomic mass is 10.1. The second-order valence-corrected chi connectivity index (χ2v) is 5.35. The molecule has 116 valence electrons. The molecule has 0 fully saturated rings. The van der Waals surface area contributed by atoms with E-state index in [1.165, 1.54) is 4.90 Å². The van der Waals surface area contributed by atoms with Gasteiger partial charge >= 0.3 is 11.8 Å². The summed E-state index contributed by atoms with van der Waals surface area (Å²) in [5, 5.41) is 13.8. The normalized spacial score (nSPS) is 12.0. The van der Waals surface area contributed by atoms with Gasteiger partial charge in [0.2, 0.25) is 0 Å². The molecule has 5 heteroatoms. The number of nitrogens with zero attached hydrogens (tertiary/aromatic N) is 1. The van der Waals surface area contributed by atoms with Gasteiger partial charge in [0.1, 0.15) is 0 Å². The molecule has 2 aromatic carbocycles. The molecule has 0 aliphatic heterocycles. The van der Waals surface area contributed by atoms with Crippen LogP contribution < -0.4 is 5.32 Å². The summed E-state index contributed by atoms with van der Waals surface area (Å²) in [6.07, 6.45) is -0.0690. The number of carbonyl (C=O) groups excluding carboxylic acids is 2. The monoisotopic (exact) mass is 300 g/mol. The Hall–Kier alpha value is -2.40. The Morgan fingerprint density at radius 1 is 1.18 bits per heavy atom. The third kappa shape index (κ3) is 3.83. The number of benzene rings is 2. The van der Waals surface area contributed by atoms with Gasteiger partial charge in [0.15, 0.2) is 0 Å². The Kier molecular flexibility index (Phi) is 5.12. The van der Waals surface area contributed by atoms with Crippen LogP contribution >= 0.6 is 0 Å². The minimum absolute atomic E-state index is 0.333. The molecule has 2 rings (SSSR count). The first-order valence-electron chi connectivity index (χ1n) is 7.21. The maximum Gasteiger partial charge on any atom is 0.313 e.